The fourth-order valence-corrected chi connectivity index (χ4v) is 2.92. The Labute approximate surface area is 163 Å². The number of hydrogen-bond acceptors (Lipinski definition) is 6. The standard InChI is InChI=1S/C20H25N5O3/c1-4-14(5-2)20(26)21-11-12-28-18-10-9-17-22-23-19(25(17)24-18)15-7-6-8-16(13-15)27-3/h6-10,13-14H,4-5,11-12H2,1-3H3,(H,21,26). The van der Waals surface area contributed by atoms with E-state index in [0.717, 1.165) is 24.2 Å². The van der Waals surface area contributed by atoms with Gasteiger partial charge in [0, 0.05) is 17.5 Å². The topological polar surface area (TPSA) is 90.6 Å². The highest BCUT2D eigenvalue weighted by Crippen LogP contribution is 2.23. The Hall–Kier alpha value is -3.16. The van der Waals surface area contributed by atoms with Crippen LogP contribution in [-0.4, -0.2) is 46.0 Å². The van der Waals surface area contributed by atoms with E-state index in [-0.39, 0.29) is 11.8 Å². The molecule has 0 aliphatic carbocycles. The van der Waals surface area contributed by atoms with E-state index in [9.17, 15) is 4.79 Å². The SMILES string of the molecule is CCC(CC)C(=O)NCCOc1ccc2nnc(-c3cccc(OC)c3)n2n1. The molecule has 0 saturated heterocycles. The second-order valence-electron chi connectivity index (χ2n) is 6.35. The van der Waals surface area contributed by atoms with Crippen molar-refractivity contribution in [3.05, 3.63) is 36.4 Å². The number of amides is 1. The average Bonchev–Trinajstić information content (AvgIpc) is 3.15. The quantitative estimate of drug-likeness (QED) is 0.572. The number of methoxy groups -OCH3 is 1. The van der Waals surface area contributed by atoms with Crippen LogP contribution in [0.15, 0.2) is 36.4 Å². The van der Waals surface area contributed by atoms with Gasteiger partial charge in [-0.2, -0.15) is 4.52 Å². The zero-order valence-electron chi connectivity index (χ0n) is 16.4. The second-order valence-corrected chi connectivity index (χ2v) is 6.35. The third-order valence-corrected chi connectivity index (χ3v) is 4.57. The third kappa shape index (κ3) is 4.39. The van der Waals surface area contributed by atoms with Crippen LogP contribution in [0.25, 0.3) is 17.0 Å². The van der Waals surface area contributed by atoms with E-state index in [4.69, 9.17) is 9.47 Å². The Morgan fingerprint density at radius 1 is 1.18 bits per heavy atom. The van der Waals surface area contributed by atoms with E-state index < -0.39 is 0 Å². The van der Waals surface area contributed by atoms with Gasteiger partial charge in [-0.3, -0.25) is 4.79 Å². The normalized spacial score (nSPS) is 11.0. The Morgan fingerprint density at radius 2 is 2.00 bits per heavy atom. The summed E-state index contributed by atoms with van der Waals surface area (Å²) in [6.45, 7) is 4.80. The lowest BCUT2D eigenvalue weighted by atomic mass is 10.0. The van der Waals surface area contributed by atoms with E-state index in [2.05, 4.69) is 20.6 Å². The molecule has 0 radical (unpaired) electrons. The highest BCUT2D eigenvalue weighted by molar-refractivity contribution is 5.78. The molecule has 0 aliphatic rings. The summed E-state index contributed by atoms with van der Waals surface area (Å²) in [6.07, 6.45) is 1.67. The number of ether oxygens (including phenoxy) is 2. The van der Waals surface area contributed by atoms with Crippen LogP contribution < -0.4 is 14.8 Å². The Balaban J connectivity index is 1.68. The summed E-state index contributed by atoms with van der Waals surface area (Å²) in [5.74, 6) is 1.89. The lowest BCUT2D eigenvalue weighted by molar-refractivity contribution is -0.125. The van der Waals surface area contributed by atoms with Crippen molar-refractivity contribution in [1.82, 2.24) is 25.1 Å². The van der Waals surface area contributed by atoms with Gasteiger partial charge in [0.15, 0.2) is 11.5 Å². The van der Waals surface area contributed by atoms with Crippen molar-refractivity contribution in [2.24, 2.45) is 5.92 Å². The summed E-state index contributed by atoms with van der Waals surface area (Å²) in [5, 5.41) is 15.7. The number of hydrogen-bond donors (Lipinski definition) is 1. The van der Waals surface area contributed by atoms with Crippen LogP contribution in [0, 0.1) is 5.92 Å². The minimum Gasteiger partial charge on any atom is -0.497 e. The first-order valence-electron chi connectivity index (χ1n) is 9.43. The predicted molar refractivity (Wildman–Crippen MR) is 105 cm³/mol. The van der Waals surface area contributed by atoms with Crippen LogP contribution in [0.3, 0.4) is 0 Å². The summed E-state index contributed by atoms with van der Waals surface area (Å²) >= 11 is 0. The molecule has 1 aromatic carbocycles. The number of carbonyl (C=O) groups is 1. The summed E-state index contributed by atoms with van der Waals surface area (Å²) in [7, 11) is 1.62. The van der Waals surface area contributed by atoms with Gasteiger partial charge in [0.1, 0.15) is 12.4 Å². The summed E-state index contributed by atoms with van der Waals surface area (Å²) < 4.78 is 12.6. The molecule has 0 bridgehead atoms. The molecule has 1 amide bonds. The molecule has 8 nitrogen and oxygen atoms in total. The number of nitrogens with one attached hydrogen (secondary N) is 1. The highest BCUT2D eigenvalue weighted by atomic mass is 16.5. The van der Waals surface area contributed by atoms with E-state index >= 15 is 0 Å². The molecule has 148 valence electrons. The van der Waals surface area contributed by atoms with Crippen LogP contribution >= 0.6 is 0 Å². The fourth-order valence-electron chi connectivity index (χ4n) is 2.92. The van der Waals surface area contributed by atoms with Crippen molar-refractivity contribution >= 4 is 11.6 Å². The van der Waals surface area contributed by atoms with Crippen LogP contribution in [-0.2, 0) is 4.79 Å². The molecule has 0 spiro atoms. The van der Waals surface area contributed by atoms with Gasteiger partial charge < -0.3 is 14.8 Å². The smallest absolute Gasteiger partial charge is 0.231 e. The largest absolute Gasteiger partial charge is 0.497 e. The highest BCUT2D eigenvalue weighted by Gasteiger charge is 2.14. The van der Waals surface area contributed by atoms with E-state index in [1.165, 1.54) is 0 Å². The first-order valence-corrected chi connectivity index (χ1v) is 9.43. The van der Waals surface area contributed by atoms with Gasteiger partial charge in [-0.15, -0.1) is 15.3 Å². The summed E-state index contributed by atoms with van der Waals surface area (Å²) in [5.41, 5.74) is 1.46. The molecule has 3 aromatic rings. The number of nitrogens with zero attached hydrogens (tertiary/aromatic N) is 4. The lowest BCUT2D eigenvalue weighted by Gasteiger charge is -2.13. The molecule has 0 unspecified atom stereocenters. The van der Waals surface area contributed by atoms with Gasteiger partial charge in [-0.05, 0) is 31.0 Å². The van der Waals surface area contributed by atoms with E-state index in [1.807, 2.05) is 38.1 Å². The van der Waals surface area contributed by atoms with Gasteiger partial charge in [0.05, 0.1) is 13.7 Å². The number of aromatic nitrogens is 4. The molecular formula is C20H25N5O3. The van der Waals surface area contributed by atoms with Gasteiger partial charge in [-0.25, -0.2) is 0 Å². The molecule has 2 heterocycles. The lowest BCUT2D eigenvalue weighted by Crippen LogP contribution is -2.33. The van der Waals surface area contributed by atoms with Crippen molar-refractivity contribution in [1.29, 1.82) is 0 Å². The molecule has 1 N–H and O–H groups in total. The van der Waals surface area contributed by atoms with Crippen LogP contribution in [0.4, 0.5) is 0 Å². The Morgan fingerprint density at radius 3 is 2.75 bits per heavy atom. The second kappa shape index (κ2) is 9.16. The Bertz CT molecular complexity index is 936. The predicted octanol–water partition coefficient (Wildman–Crippen LogP) is 2.73. The summed E-state index contributed by atoms with van der Waals surface area (Å²) in [6, 6.07) is 11.1. The van der Waals surface area contributed by atoms with E-state index in [1.54, 1.807) is 23.8 Å². The van der Waals surface area contributed by atoms with Crippen molar-refractivity contribution in [2.45, 2.75) is 26.7 Å². The first kappa shape index (κ1) is 19.6. The monoisotopic (exact) mass is 383 g/mol. The maximum atomic E-state index is 12.0. The maximum Gasteiger partial charge on any atom is 0.231 e. The van der Waals surface area contributed by atoms with Gasteiger partial charge >= 0.3 is 0 Å². The molecule has 0 saturated carbocycles. The molecule has 0 atom stereocenters. The number of carbonyl (C=O) groups excluding carboxylic acids is 1. The maximum absolute atomic E-state index is 12.0. The van der Waals surface area contributed by atoms with E-state index in [0.29, 0.717) is 30.5 Å². The van der Waals surface area contributed by atoms with Crippen LogP contribution in [0.2, 0.25) is 0 Å². The molecule has 8 heteroatoms. The zero-order chi connectivity index (χ0) is 19.9. The van der Waals surface area contributed by atoms with Gasteiger partial charge in [0.2, 0.25) is 11.8 Å². The van der Waals surface area contributed by atoms with Crippen molar-refractivity contribution < 1.29 is 14.3 Å². The molecule has 2 aromatic heterocycles. The number of rotatable bonds is 9. The van der Waals surface area contributed by atoms with Crippen LogP contribution in [0.5, 0.6) is 11.6 Å². The minimum absolute atomic E-state index is 0.0527. The van der Waals surface area contributed by atoms with Crippen molar-refractivity contribution in [3.63, 3.8) is 0 Å². The first-order chi connectivity index (χ1) is 13.7. The van der Waals surface area contributed by atoms with Crippen molar-refractivity contribution in [3.8, 4) is 23.0 Å². The average molecular weight is 383 g/mol. The molecule has 3 rings (SSSR count). The third-order valence-electron chi connectivity index (χ3n) is 4.57. The summed E-state index contributed by atoms with van der Waals surface area (Å²) in [4.78, 5) is 12.0. The molecule has 28 heavy (non-hydrogen) atoms. The van der Waals surface area contributed by atoms with Crippen molar-refractivity contribution in [2.75, 3.05) is 20.3 Å². The zero-order valence-corrected chi connectivity index (χ0v) is 16.4. The number of benzene rings is 1. The van der Waals surface area contributed by atoms with Gasteiger partial charge in [-0.1, -0.05) is 26.0 Å². The molecular weight excluding hydrogens is 358 g/mol. The number of fused-ring (bicyclic) bond motifs is 1. The van der Waals surface area contributed by atoms with Crippen LogP contribution in [0.1, 0.15) is 26.7 Å². The Kier molecular flexibility index (Phi) is 6.41. The molecule has 0 aliphatic heterocycles. The fraction of sp³-hybridized carbons (Fsp3) is 0.400. The molecule has 0 fully saturated rings. The minimum atomic E-state index is 0.0527. The van der Waals surface area contributed by atoms with Gasteiger partial charge in [0.25, 0.3) is 0 Å².